The topological polar surface area (TPSA) is 21.3 Å². The number of benzene rings is 1. The highest BCUT2D eigenvalue weighted by molar-refractivity contribution is 9.10. The third kappa shape index (κ3) is 5.55. The van der Waals surface area contributed by atoms with Crippen LogP contribution in [0.25, 0.3) is 0 Å². The second kappa shape index (κ2) is 5.87. The highest BCUT2D eigenvalue weighted by Gasteiger charge is 2.12. The predicted molar refractivity (Wildman–Crippen MR) is 76.7 cm³/mol. The Morgan fingerprint density at radius 2 is 2.00 bits per heavy atom. The second-order valence-electron chi connectivity index (χ2n) is 5.47. The van der Waals surface area contributed by atoms with Gasteiger partial charge in [-0.3, -0.25) is 0 Å². The molecule has 1 unspecified atom stereocenters. The number of halogens is 1. The third-order valence-corrected chi connectivity index (χ3v) is 2.89. The summed E-state index contributed by atoms with van der Waals surface area (Å²) in [4.78, 5) is 0. The average Bonchev–Trinajstić information content (AvgIpc) is 2.20. The molecule has 1 aromatic carbocycles. The molecular weight excluding hydrogens is 278 g/mol. The van der Waals surface area contributed by atoms with Crippen LogP contribution in [0.3, 0.4) is 0 Å². The number of aryl methyl sites for hydroxylation is 1. The molecule has 1 rings (SSSR count). The van der Waals surface area contributed by atoms with Gasteiger partial charge in [0.1, 0.15) is 11.9 Å². The van der Waals surface area contributed by atoms with Crippen LogP contribution in [0.1, 0.15) is 33.3 Å². The first-order valence-corrected chi connectivity index (χ1v) is 6.75. The first kappa shape index (κ1) is 14.5. The molecule has 0 aliphatic heterocycles. The summed E-state index contributed by atoms with van der Waals surface area (Å²) >= 11 is 3.46. The van der Waals surface area contributed by atoms with E-state index in [2.05, 4.69) is 61.9 Å². The van der Waals surface area contributed by atoms with Crippen molar-refractivity contribution in [3.05, 3.63) is 28.2 Å². The lowest BCUT2D eigenvalue weighted by molar-refractivity contribution is 0.202. The summed E-state index contributed by atoms with van der Waals surface area (Å²) in [5, 5.41) is 3.44. The number of ether oxygens (including phenoxy) is 1. The average molecular weight is 300 g/mol. The van der Waals surface area contributed by atoms with Gasteiger partial charge in [-0.2, -0.15) is 0 Å². The van der Waals surface area contributed by atoms with Crippen LogP contribution in [0.4, 0.5) is 0 Å². The van der Waals surface area contributed by atoms with Crippen molar-refractivity contribution in [1.29, 1.82) is 0 Å². The molecule has 1 aromatic rings. The lowest BCUT2D eigenvalue weighted by Gasteiger charge is -2.24. The Balaban J connectivity index is 2.56. The van der Waals surface area contributed by atoms with Gasteiger partial charge >= 0.3 is 0 Å². The molecule has 1 N–H and O–H groups in total. The molecule has 0 saturated carbocycles. The van der Waals surface area contributed by atoms with Crippen molar-refractivity contribution >= 4 is 15.9 Å². The van der Waals surface area contributed by atoms with Gasteiger partial charge < -0.3 is 10.1 Å². The molecule has 0 aliphatic rings. The number of hydrogen-bond acceptors (Lipinski definition) is 2. The van der Waals surface area contributed by atoms with Crippen LogP contribution in [0.5, 0.6) is 5.75 Å². The normalized spacial score (nSPS) is 13.5. The van der Waals surface area contributed by atoms with E-state index in [0.717, 1.165) is 22.3 Å². The molecule has 0 fully saturated rings. The van der Waals surface area contributed by atoms with Crippen molar-refractivity contribution in [3.63, 3.8) is 0 Å². The molecule has 0 radical (unpaired) electrons. The Hall–Kier alpha value is -0.540. The summed E-state index contributed by atoms with van der Waals surface area (Å²) < 4.78 is 6.98. The van der Waals surface area contributed by atoms with Gasteiger partial charge in [0.2, 0.25) is 0 Å². The fourth-order valence-corrected chi connectivity index (χ4v) is 1.75. The minimum absolute atomic E-state index is 0.129. The lowest BCUT2D eigenvalue weighted by atomic mass is 10.1. The van der Waals surface area contributed by atoms with Gasteiger partial charge in [-0.1, -0.05) is 22.0 Å². The molecule has 0 amide bonds. The minimum atomic E-state index is 0.129. The largest absolute Gasteiger partial charge is 0.489 e. The van der Waals surface area contributed by atoms with E-state index in [0.29, 0.717) is 0 Å². The van der Waals surface area contributed by atoms with Crippen LogP contribution in [0.15, 0.2) is 22.7 Å². The lowest BCUT2D eigenvalue weighted by Crippen LogP contribution is -2.41. The Kier molecular flexibility index (Phi) is 5.02. The van der Waals surface area contributed by atoms with Crippen LogP contribution < -0.4 is 10.1 Å². The van der Waals surface area contributed by atoms with E-state index >= 15 is 0 Å². The maximum Gasteiger partial charge on any atom is 0.123 e. The van der Waals surface area contributed by atoms with Crippen molar-refractivity contribution in [3.8, 4) is 5.75 Å². The molecule has 0 aromatic heterocycles. The highest BCUT2D eigenvalue weighted by atomic mass is 79.9. The van der Waals surface area contributed by atoms with Crippen LogP contribution in [0.2, 0.25) is 0 Å². The smallest absolute Gasteiger partial charge is 0.123 e. The third-order valence-electron chi connectivity index (χ3n) is 2.40. The Labute approximate surface area is 113 Å². The molecule has 0 bridgehead atoms. The van der Waals surface area contributed by atoms with Gasteiger partial charge in [0.25, 0.3) is 0 Å². The van der Waals surface area contributed by atoms with Crippen LogP contribution >= 0.6 is 15.9 Å². The Morgan fingerprint density at radius 3 is 2.59 bits per heavy atom. The summed E-state index contributed by atoms with van der Waals surface area (Å²) in [6, 6.07) is 6.10. The quantitative estimate of drug-likeness (QED) is 0.910. The fourth-order valence-electron chi connectivity index (χ4n) is 1.41. The van der Waals surface area contributed by atoms with Crippen molar-refractivity contribution in [1.82, 2.24) is 5.32 Å². The molecule has 17 heavy (non-hydrogen) atoms. The minimum Gasteiger partial charge on any atom is -0.489 e. The van der Waals surface area contributed by atoms with Crippen LogP contribution in [-0.4, -0.2) is 18.2 Å². The van der Waals surface area contributed by atoms with E-state index in [1.54, 1.807) is 0 Å². The Morgan fingerprint density at radius 1 is 1.35 bits per heavy atom. The molecule has 1 atom stereocenters. The van der Waals surface area contributed by atoms with Gasteiger partial charge in [-0.05, 0) is 52.3 Å². The molecule has 0 heterocycles. The van der Waals surface area contributed by atoms with Crippen LogP contribution in [-0.2, 0) is 0 Å². The number of rotatable bonds is 4. The zero-order valence-electron chi connectivity index (χ0n) is 11.3. The zero-order valence-corrected chi connectivity index (χ0v) is 12.9. The summed E-state index contributed by atoms with van der Waals surface area (Å²) in [5.41, 5.74) is 1.29. The fraction of sp³-hybridized carbons (Fsp3) is 0.571. The molecule has 3 heteroatoms. The van der Waals surface area contributed by atoms with E-state index in [-0.39, 0.29) is 11.6 Å². The summed E-state index contributed by atoms with van der Waals surface area (Å²) in [5.74, 6) is 0.947. The van der Waals surface area contributed by atoms with E-state index in [1.165, 1.54) is 0 Å². The Bertz CT molecular complexity index is 371. The van der Waals surface area contributed by atoms with Crippen molar-refractivity contribution in [2.75, 3.05) is 6.54 Å². The van der Waals surface area contributed by atoms with E-state index < -0.39 is 0 Å². The zero-order chi connectivity index (χ0) is 13.1. The maximum absolute atomic E-state index is 5.93. The molecule has 0 saturated heterocycles. The second-order valence-corrected chi connectivity index (χ2v) is 6.38. The molecule has 2 nitrogen and oxygen atoms in total. The van der Waals surface area contributed by atoms with Crippen molar-refractivity contribution in [2.24, 2.45) is 0 Å². The van der Waals surface area contributed by atoms with Gasteiger partial charge in [-0.25, -0.2) is 0 Å². The summed E-state index contributed by atoms with van der Waals surface area (Å²) in [7, 11) is 0. The standard InChI is InChI=1S/C14H22BrNO/c1-10-6-7-12(15)8-13(10)17-11(2)9-16-14(3,4)5/h6-8,11,16H,9H2,1-5H3. The number of hydrogen-bond donors (Lipinski definition) is 1. The van der Waals surface area contributed by atoms with Crippen molar-refractivity contribution in [2.45, 2.75) is 46.3 Å². The van der Waals surface area contributed by atoms with E-state index in [1.807, 2.05) is 12.1 Å². The predicted octanol–water partition coefficient (Wildman–Crippen LogP) is 3.91. The van der Waals surface area contributed by atoms with Gasteiger partial charge in [0, 0.05) is 16.6 Å². The summed E-state index contributed by atoms with van der Waals surface area (Å²) in [6.07, 6.45) is 0.155. The van der Waals surface area contributed by atoms with Gasteiger partial charge in [-0.15, -0.1) is 0 Å². The number of nitrogens with one attached hydrogen (secondary N) is 1. The highest BCUT2D eigenvalue weighted by Crippen LogP contribution is 2.23. The first-order chi connectivity index (χ1) is 7.78. The molecule has 0 aliphatic carbocycles. The van der Waals surface area contributed by atoms with Crippen molar-refractivity contribution < 1.29 is 4.74 Å². The van der Waals surface area contributed by atoms with Crippen LogP contribution in [0, 0.1) is 6.92 Å². The van der Waals surface area contributed by atoms with E-state index in [4.69, 9.17) is 4.74 Å². The molecule has 96 valence electrons. The van der Waals surface area contributed by atoms with E-state index in [9.17, 15) is 0 Å². The molecular formula is C14H22BrNO. The summed E-state index contributed by atoms with van der Waals surface area (Å²) in [6.45, 7) is 11.5. The first-order valence-electron chi connectivity index (χ1n) is 5.96. The SMILES string of the molecule is Cc1ccc(Br)cc1OC(C)CNC(C)(C)C. The van der Waals surface area contributed by atoms with Gasteiger partial charge in [0.15, 0.2) is 0 Å². The van der Waals surface area contributed by atoms with Gasteiger partial charge in [0.05, 0.1) is 0 Å². The monoisotopic (exact) mass is 299 g/mol. The molecule has 0 spiro atoms. The maximum atomic E-state index is 5.93.